The third kappa shape index (κ3) is 1.98. The Morgan fingerprint density at radius 2 is 1.33 bits per heavy atom. The van der Waals surface area contributed by atoms with Crippen LogP contribution < -0.4 is 5.32 Å². The molecule has 0 spiro atoms. The lowest BCUT2D eigenvalue weighted by atomic mass is 10.4. The van der Waals surface area contributed by atoms with E-state index in [-0.39, 0.29) is 0 Å². The first-order valence-electron chi connectivity index (χ1n) is 4.08. The molecule has 0 saturated heterocycles. The maximum atomic E-state index is 4.50. The first-order chi connectivity index (χ1) is 4.45. The van der Waals surface area contributed by atoms with E-state index in [0.717, 1.165) is 11.8 Å². The number of nitrogens with zero attached hydrogens (tertiary/aromatic N) is 1. The van der Waals surface area contributed by atoms with Gasteiger partial charge < -0.3 is 0 Å². The summed E-state index contributed by atoms with van der Waals surface area (Å²) >= 11 is 0. The average molecular weight is 124 g/mol. The van der Waals surface area contributed by atoms with E-state index in [1.54, 1.807) is 0 Å². The Kier molecular flexibility index (Phi) is 1.46. The molecular weight excluding hydrogens is 110 g/mol. The molecule has 0 atom stereocenters. The zero-order valence-corrected chi connectivity index (χ0v) is 5.84. The molecule has 0 bridgehead atoms. The van der Waals surface area contributed by atoms with Crippen molar-refractivity contribution in [1.29, 1.82) is 0 Å². The van der Waals surface area contributed by atoms with Crippen LogP contribution in [0, 0.1) is 11.8 Å². The first kappa shape index (κ1) is 5.72. The van der Waals surface area contributed by atoms with E-state index >= 15 is 0 Å². The van der Waals surface area contributed by atoms with Crippen molar-refractivity contribution in [1.82, 2.24) is 5.32 Å². The van der Waals surface area contributed by atoms with Gasteiger partial charge in [-0.05, 0) is 37.5 Å². The molecule has 0 aromatic heterocycles. The summed E-state index contributed by atoms with van der Waals surface area (Å²) < 4.78 is 0. The molecule has 0 unspecified atom stereocenters. The molecule has 1 radical (unpaired) electrons. The average Bonchev–Trinajstić information content (AvgIpc) is 2.57. The SMILES string of the molecule is C1CC1C[N]CC1CC1. The Balaban J connectivity index is 1.46. The highest BCUT2D eigenvalue weighted by Gasteiger charge is 2.24. The second-order valence-electron chi connectivity index (χ2n) is 3.48. The van der Waals surface area contributed by atoms with Crippen molar-refractivity contribution in [2.75, 3.05) is 13.1 Å². The van der Waals surface area contributed by atoms with Crippen LogP contribution in [0.5, 0.6) is 0 Å². The van der Waals surface area contributed by atoms with Gasteiger partial charge in [-0.25, -0.2) is 5.32 Å². The van der Waals surface area contributed by atoms with E-state index in [1.165, 1.54) is 38.8 Å². The molecule has 0 aromatic rings. The standard InChI is InChI=1S/C8H14N/c1-2-7(1)5-9-6-8-3-4-8/h7-8H,1-6H2. The van der Waals surface area contributed by atoms with Gasteiger partial charge in [-0.15, -0.1) is 0 Å². The van der Waals surface area contributed by atoms with Gasteiger partial charge in [-0.3, -0.25) is 0 Å². The van der Waals surface area contributed by atoms with Gasteiger partial charge in [0.2, 0.25) is 0 Å². The second kappa shape index (κ2) is 2.30. The highest BCUT2D eigenvalue weighted by atomic mass is 14.9. The molecule has 2 fully saturated rings. The van der Waals surface area contributed by atoms with E-state index in [2.05, 4.69) is 5.32 Å². The summed E-state index contributed by atoms with van der Waals surface area (Å²) in [5, 5.41) is 4.50. The fourth-order valence-corrected chi connectivity index (χ4v) is 1.04. The normalized spacial score (nSPS) is 26.7. The van der Waals surface area contributed by atoms with Crippen LogP contribution in [0.3, 0.4) is 0 Å². The van der Waals surface area contributed by atoms with E-state index < -0.39 is 0 Å². The van der Waals surface area contributed by atoms with Gasteiger partial charge in [0.1, 0.15) is 0 Å². The van der Waals surface area contributed by atoms with Gasteiger partial charge in [-0.1, -0.05) is 0 Å². The largest absolute Gasteiger partial charge is 0.241 e. The Hall–Kier alpha value is -0.0400. The van der Waals surface area contributed by atoms with Crippen molar-refractivity contribution in [3.63, 3.8) is 0 Å². The van der Waals surface area contributed by atoms with Crippen LogP contribution in [-0.4, -0.2) is 13.1 Å². The molecule has 1 heteroatoms. The zero-order valence-electron chi connectivity index (χ0n) is 5.84. The minimum atomic E-state index is 1.00. The van der Waals surface area contributed by atoms with Crippen molar-refractivity contribution in [2.24, 2.45) is 11.8 Å². The molecule has 2 rings (SSSR count). The molecule has 51 valence electrons. The van der Waals surface area contributed by atoms with Crippen LogP contribution >= 0.6 is 0 Å². The lowest BCUT2D eigenvalue weighted by Crippen LogP contribution is -2.10. The summed E-state index contributed by atoms with van der Waals surface area (Å²) in [6.45, 7) is 2.35. The molecule has 0 heterocycles. The highest BCUT2D eigenvalue weighted by molar-refractivity contribution is 4.79. The van der Waals surface area contributed by atoms with Crippen LogP contribution in [0.15, 0.2) is 0 Å². The summed E-state index contributed by atoms with van der Waals surface area (Å²) in [5.41, 5.74) is 0. The zero-order chi connectivity index (χ0) is 6.10. The lowest BCUT2D eigenvalue weighted by Gasteiger charge is -1.96. The fraction of sp³-hybridized carbons (Fsp3) is 1.00. The Morgan fingerprint density at radius 3 is 1.67 bits per heavy atom. The van der Waals surface area contributed by atoms with E-state index in [9.17, 15) is 0 Å². The predicted octanol–water partition coefficient (Wildman–Crippen LogP) is 1.41. The van der Waals surface area contributed by atoms with Crippen LogP contribution in [-0.2, 0) is 0 Å². The predicted molar refractivity (Wildman–Crippen MR) is 37.3 cm³/mol. The van der Waals surface area contributed by atoms with Gasteiger partial charge >= 0.3 is 0 Å². The van der Waals surface area contributed by atoms with E-state index in [0.29, 0.717) is 0 Å². The van der Waals surface area contributed by atoms with Crippen molar-refractivity contribution in [3.05, 3.63) is 0 Å². The maximum Gasteiger partial charge on any atom is 0.0161 e. The molecule has 0 amide bonds. The first-order valence-corrected chi connectivity index (χ1v) is 4.08. The van der Waals surface area contributed by atoms with Crippen molar-refractivity contribution < 1.29 is 0 Å². The summed E-state index contributed by atoms with van der Waals surface area (Å²) in [4.78, 5) is 0. The van der Waals surface area contributed by atoms with Crippen LogP contribution in [0.1, 0.15) is 25.7 Å². The van der Waals surface area contributed by atoms with E-state index in [4.69, 9.17) is 0 Å². The van der Waals surface area contributed by atoms with Gasteiger partial charge in [-0.2, -0.15) is 0 Å². The summed E-state index contributed by atoms with van der Waals surface area (Å²) in [7, 11) is 0. The quantitative estimate of drug-likeness (QED) is 0.538. The molecule has 9 heavy (non-hydrogen) atoms. The summed E-state index contributed by atoms with van der Waals surface area (Å²) in [6, 6.07) is 0. The Morgan fingerprint density at radius 1 is 0.889 bits per heavy atom. The van der Waals surface area contributed by atoms with Gasteiger partial charge in [0, 0.05) is 13.1 Å². The third-order valence-electron chi connectivity index (χ3n) is 2.17. The molecule has 0 aliphatic heterocycles. The molecule has 0 aromatic carbocycles. The van der Waals surface area contributed by atoms with Crippen molar-refractivity contribution in [2.45, 2.75) is 25.7 Å². The molecule has 2 aliphatic carbocycles. The highest BCUT2D eigenvalue weighted by Crippen LogP contribution is 2.30. The van der Waals surface area contributed by atoms with Crippen molar-refractivity contribution >= 4 is 0 Å². The van der Waals surface area contributed by atoms with Gasteiger partial charge in [0.25, 0.3) is 0 Å². The van der Waals surface area contributed by atoms with Crippen LogP contribution in [0.2, 0.25) is 0 Å². The fourth-order valence-electron chi connectivity index (χ4n) is 1.04. The Bertz CT molecular complexity index is 80.7. The van der Waals surface area contributed by atoms with Gasteiger partial charge in [0.05, 0.1) is 0 Å². The summed E-state index contributed by atoms with van der Waals surface area (Å²) in [5.74, 6) is 2.01. The molecule has 2 saturated carbocycles. The monoisotopic (exact) mass is 124 g/mol. The number of hydrogen-bond donors (Lipinski definition) is 0. The number of rotatable bonds is 4. The van der Waals surface area contributed by atoms with Crippen molar-refractivity contribution in [3.8, 4) is 0 Å². The molecule has 0 N–H and O–H groups in total. The third-order valence-corrected chi connectivity index (χ3v) is 2.17. The van der Waals surface area contributed by atoms with Gasteiger partial charge in [0.15, 0.2) is 0 Å². The lowest BCUT2D eigenvalue weighted by molar-refractivity contribution is 0.592. The number of hydrogen-bond acceptors (Lipinski definition) is 0. The maximum absolute atomic E-state index is 4.50. The molecule has 2 aliphatic rings. The minimum absolute atomic E-state index is 1.00. The minimum Gasteiger partial charge on any atom is -0.241 e. The van der Waals surface area contributed by atoms with Crippen LogP contribution in [0.4, 0.5) is 0 Å². The van der Waals surface area contributed by atoms with Crippen LogP contribution in [0.25, 0.3) is 0 Å². The van der Waals surface area contributed by atoms with E-state index in [1.807, 2.05) is 0 Å². The topological polar surface area (TPSA) is 14.1 Å². The smallest absolute Gasteiger partial charge is 0.0161 e. The molecular formula is C8H14N. The second-order valence-corrected chi connectivity index (χ2v) is 3.48. The Labute approximate surface area is 56.8 Å². The molecule has 1 nitrogen and oxygen atoms in total. The summed E-state index contributed by atoms with van der Waals surface area (Å²) in [6.07, 6.45) is 5.81.